The minimum Gasteiger partial charge on any atom is -0.308 e. The van der Waals surface area contributed by atoms with E-state index in [0.717, 1.165) is 0 Å². The fourth-order valence-corrected chi connectivity index (χ4v) is 5.82. The van der Waals surface area contributed by atoms with Crippen LogP contribution in [0.2, 0.25) is 0 Å². The van der Waals surface area contributed by atoms with Crippen molar-refractivity contribution in [2.24, 2.45) is 0 Å². The van der Waals surface area contributed by atoms with Gasteiger partial charge in [0.1, 0.15) is 0 Å². The molecule has 0 amide bonds. The number of hydrogen-bond donors (Lipinski definition) is 0. The molecule has 0 heterocycles. The zero-order valence-corrected chi connectivity index (χ0v) is 13.0. The molecule has 7 heteroatoms. The van der Waals surface area contributed by atoms with E-state index in [2.05, 4.69) is 0 Å². The summed E-state index contributed by atoms with van der Waals surface area (Å²) in [7, 11) is -7.44. The molecule has 19 heavy (non-hydrogen) atoms. The summed E-state index contributed by atoms with van der Waals surface area (Å²) in [6.07, 6.45) is 0. The maximum atomic E-state index is 12.5. The highest BCUT2D eigenvalue weighted by Gasteiger charge is 2.42. The van der Waals surface area contributed by atoms with Crippen LogP contribution in [0.3, 0.4) is 0 Å². The SMILES string of the molecule is CCOP(=O)(OCC)C(C)S(=O)(=O)c1ccccc1. The Morgan fingerprint density at radius 3 is 2.00 bits per heavy atom. The van der Waals surface area contributed by atoms with E-state index in [9.17, 15) is 13.0 Å². The van der Waals surface area contributed by atoms with Crippen molar-refractivity contribution < 1.29 is 22.0 Å². The normalized spacial score (nSPS) is 14.3. The summed E-state index contributed by atoms with van der Waals surface area (Å²) in [6, 6.07) is 7.88. The molecule has 0 bridgehead atoms. The van der Waals surface area contributed by atoms with Crippen molar-refractivity contribution in [3.63, 3.8) is 0 Å². The van der Waals surface area contributed by atoms with Crippen LogP contribution in [0, 0.1) is 0 Å². The Hall–Kier alpha value is -0.680. The fourth-order valence-electron chi connectivity index (χ4n) is 1.58. The molecule has 1 rings (SSSR count). The molecule has 1 atom stereocenters. The Labute approximate surface area is 114 Å². The molecule has 1 aromatic carbocycles. The Bertz CT molecular complexity index is 530. The molecule has 0 saturated carbocycles. The fraction of sp³-hybridized carbons (Fsp3) is 0.500. The highest BCUT2D eigenvalue weighted by molar-refractivity contribution is 7.98. The van der Waals surface area contributed by atoms with Gasteiger partial charge in [-0.15, -0.1) is 0 Å². The van der Waals surface area contributed by atoms with Crippen molar-refractivity contribution in [2.75, 3.05) is 13.2 Å². The van der Waals surface area contributed by atoms with Gasteiger partial charge in [0.25, 0.3) is 0 Å². The van der Waals surface area contributed by atoms with Crippen LogP contribution >= 0.6 is 7.60 Å². The first-order valence-electron chi connectivity index (χ1n) is 6.06. The van der Waals surface area contributed by atoms with Crippen molar-refractivity contribution >= 4 is 17.4 Å². The van der Waals surface area contributed by atoms with Crippen LogP contribution in [-0.4, -0.2) is 26.6 Å². The summed E-state index contributed by atoms with van der Waals surface area (Å²) >= 11 is 0. The highest BCUT2D eigenvalue weighted by Crippen LogP contribution is 2.55. The zero-order chi connectivity index (χ0) is 14.5. The van der Waals surface area contributed by atoms with Crippen LogP contribution in [-0.2, 0) is 23.4 Å². The first kappa shape index (κ1) is 16.4. The van der Waals surface area contributed by atoms with E-state index in [0.29, 0.717) is 0 Å². The third kappa shape index (κ3) is 3.66. The lowest BCUT2D eigenvalue weighted by molar-refractivity contribution is 0.218. The molecular formula is C12H19O5PS. The van der Waals surface area contributed by atoms with Gasteiger partial charge in [0, 0.05) is 0 Å². The lowest BCUT2D eigenvalue weighted by Crippen LogP contribution is -2.21. The van der Waals surface area contributed by atoms with Crippen LogP contribution in [0.25, 0.3) is 0 Å². The van der Waals surface area contributed by atoms with Crippen LogP contribution in [0.4, 0.5) is 0 Å². The summed E-state index contributed by atoms with van der Waals surface area (Å²) in [6.45, 7) is 4.91. The van der Waals surface area contributed by atoms with E-state index in [1.807, 2.05) is 0 Å². The van der Waals surface area contributed by atoms with Gasteiger partial charge in [0.15, 0.2) is 14.8 Å². The van der Waals surface area contributed by atoms with Crippen molar-refractivity contribution in [1.29, 1.82) is 0 Å². The second kappa shape index (κ2) is 6.66. The maximum Gasteiger partial charge on any atom is 0.348 e. The summed E-state index contributed by atoms with van der Waals surface area (Å²) < 4.78 is 47.5. The van der Waals surface area contributed by atoms with Gasteiger partial charge in [-0.3, -0.25) is 4.57 Å². The monoisotopic (exact) mass is 306 g/mol. The van der Waals surface area contributed by atoms with Gasteiger partial charge in [-0.25, -0.2) is 8.42 Å². The molecule has 0 radical (unpaired) electrons. The molecule has 0 aromatic heterocycles. The van der Waals surface area contributed by atoms with Crippen LogP contribution in [0.1, 0.15) is 20.8 Å². The molecule has 0 N–H and O–H groups in total. The molecule has 1 unspecified atom stereocenters. The van der Waals surface area contributed by atoms with E-state index >= 15 is 0 Å². The Morgan fingerprint density at radius 2 is 1.58 bits per heavy atom. The first-order chi connectivity index (χ1) is 8.88. The molecule has 5 nitrogen and oxygen atoms in total. The predicted octanol–water partition coefficient (Wildman–Crippen LogP) is 3.07. The third-order valence-electron chi connectivity index (χ3n) is 2.58. The number of hydrogen-bond acceptors (Lipinski definition) is 5. The molecule has 0 saturated heterocycles. The largest absolute Gasteiger partial charge is 0.348 e. The predicted molar refractivity (Wildman–Crippen MR) is 73.9 cm³/mol. The summed E-state index contributed by atoms with van der Waals surface area (Å²) in [5, 5.41) is 0. The maximum absolute atomic E-state index is 12.5. The Balaban J connectivity index is 3.16. The minimum absolute atomic E-state index is 0.113. The molecule has 0 aliphatic carbocycles. The molecule has 0 aliphatic heterocycles. The van der Waals surface area contributed by atoms with E-state index in [-0.39, 0.29) is 18.1 Å². The zero-order valence-electron chi connectivity index (χ0n) is 11.3. The summed E-state index contributed by atoms with van der Waals surface area (Å²) in [4.78, 5) is -1.12. The number of benzene rings is 1. The van der Waals surface area contributed by atoms with Crippen LogP contribution in [0.15, 0.2) is 35.2 Å². The molecule has 108 valence electrons. The van der Waals surface area contributed by atoms with Crippen molar-refractivity contribution in [3.05, 3.63) is 30.3 Å². The minimum atomic E-state index is -3.75. The van der Waals surface area contributed by atoms with E-state index in [1.165, 1.54) is 19.1 Å². The second-order valence-electron chi connectivity index (χ2n) is 3.83. The molecule has 1 aromatic rings. The van der Waals surface area contributed by atoms with Gasteiger partial charge < -0.3 is 9.05 Å². The molecular weight excluding hydrogens is 287 g/mol. The van der Waals surface area contributed by atoms with Gasteiger partial charge in [-0.2, -0.15) is 0 Å². The summed E-state index contributed by atoms with van der Waals surface area (Å²) in [5.74, 6) is 0. The standard InChI is InChI=1S/C12H19O5PS/c1-4-16-18(13,17-5-2)11(3)19(14,15)12-9-7-6-8-10-12/h6-11H,4-5H2,1-3H3. The average Bonchev–Trinajstić information content (AvgIpc) is 2.39. The van der Waals surface area contributed by atoms with Crippen LogP contribution in [0.5, 0.6) is 0 Å². The van der Waals surface area contributed by atoms with Gasteiger partial charge in [-0.05, 0) is 32.9 Å². The van der Waals surface area contributed by atoms with E-state index in [1.54, 1.807) is 32.0 Å². The Kier molecular flexibility index (Phi) is 5.74. The van der Waals surface area contributed by atoms with Crippen LogP contribution < -0.4 is 0 Å². The quantitative estimate of drug-likeness (QED) is 0.724. The highest BCUT2D eigenvalue weighted by atomic mass is 32.2. The van der Waals surface area contributed by atoms with Gasteiger partial charge in [-0.1, -0.05) is 18.2 Å². The third-order valence-corrected chi connectivity index (χ3v) is 8.15. The first-order valence-corrected chi connectivity index (χ1v) is 9.22. The second-order valence-corrected chi connectivity index (χ2v) is 8.82. The lowest BCUT2D eigenvalue weighted by Gasteiger charge is -2.23. The smallest absolute Gasteiger partial charge is 0.308 e. The topological polar surface area (TPSA) is 69.7 Å². The molecule has 0 aliphatic rings. The van der Waals surface area contributed by atoms with E-state index in [4.69, 9.17) is 9.05 Å². The Morgan fingerprint density at radius 1 is 1.11 bits per heavy atom. The van der Waals surface area contributed by atoms with Crippen molar-refractivity contribution in [2.45, 2.75) is 30.7 Å². The van der Waals surface area contributed by atoms with Crippen molar-refractivity contribution in [1.82, 2.24) is 0 Å². The summed E-state index contributed by atoms with van der Waals surface area (Å²) in [5.41, 5.74) is 0. The number of sulfone groups is 1. The molecule has 0 fully saturated rings. The van der Waals surface area contributed by atoms with Gasteiger partial charge in [0.05, 0.1) is 18.1 Å². The van der Waals surface area contributed by atoms with Crippen molar-refractivity contribution in [3.8, 4) is 0 Å². The number of rotatable bonds is 7. The average molecular weight is 306 g/mol. The van der Waals surface area contributed by atoms with E-state index < -0.39 is 22.4 Å². The molecule has 0 spiro atoms. The lowest BCUT2D eigenvalue weighted by atomic mass is 10.4. The van der Waals surface area contributed by atoms with Gasteiger partial charge >= 0.3 is 7.60 Å². The van der Waals surface area contributed by atoms with Gasteiger partial charge in [0.2, 0.25) is 0 Å².